The Morgan fingerprint density at radius 1 is 1.69 bits per heavy atom. The lowest BCUT2D eigenvalue weighted by Crippen LogP contribution is -2.47. The lowest BCUT2D eigenvalue weighted by Gasteiger charge is -2.25. The van der Waals surface area contributed by atoms with Crippen LogP contribution in [0, 0.1) is 0 Å². The van der Waals surface area contributed by atoms with E-state index in [1.165, 1.54) is 6.33 Å². The Kier molecular flexibility index (Phi) is 3.51. The van der Waals surface area contributed by atoms with E-state index in [4.69, 9.17) is 0 Å². The largest absolute Gasteiger partial charge is 0.350 e. The first-order chi connectivity index (χ1) is 7.77. The van der Waals surface area contributed by atoms with Crippen molar-refractivity contribution in [2.75, 3.05) is 13.1 Å². The molecule has 1 aliphatic heterocycles. The van der Waals surface area contributed by atoms with Gasteiger partial charge in [0.1, 0.15) is 18.7 Å². The van der Waals surface area contributed by atoms with Gasteiger partial charge >= 0.3 is 0 Å². The fraction of sp³-hybridized carbons (Fsp3) is 0.700. The predicted molar refractivity (Wildman–Crippen MR) is 58.8 cm³/mol. The number of hydrogen-bond donors (Lipinski definition) is 2. The van der Waals surface area contributed by atoms with Gasteiger partial charge in [0.05, 0.1) is 0 Å². The van der Waals surface area contributed by atoms with E-state index >= 15 is 0 Å². The number of rotatable bonds is 3. The summed E-state index contributed by atoms with van der Waals surface area (Å²) >= 11 is 0. The van der Waals surface area contributed by atoms with Crippen molar-refractivity contribution < 1.29 is 4.79 Å². The van der Waals surface area contributed by atoms with Crippen LogP contribution in [0.3, 0.4) is 0 Å². The predicted octanol–water partition coefficient (Wildman–Crippen LogP) is -0.293. The molecule has 1 unspecified atom stereocenters. The lowest BCUT2D eigenvalue weighted by molar-refractivity contribution is -0.125. The van der Waals surface area contributed by atoms with Crippen molar-refractivity contribution >= 4 is 5.91 Å². The highest BCUT2D eigenvalue weighted by atomic mass is 16.2. The molecule has 1 saturated heterocycles. The summed E-state index contributed by atoms with van der Waals surface area (Å²) in [5, 5.41) is 10.2. The second-order valence-electron chi connectivity index (χ2n) is 4.10. The zero-order valence-corrected chi connectivity index (χ0v) is 9.39. The minimum atomic E-state index is -0.301. The Hall–Kier alpha value is -1.43. The molecule has 6 nitrogen and oxygen atoms in total. The van der Waals surface area contributed by atoms with Crippen LogP contribution in [0.25, 0.3) is 0 Å². The number of nitrogens with zero attached hydrogens (tertiary/aromatic N) is 3. The highest BCUT2D eigenvalue weighted by molar-refractivity contribution is 5.80. The van der Waals surface area contributed by atoms with E-state index in [1.54, 1.807) is 11.0 Å². The first kappa shape index (κ1) is 11.1. The van der Waals surface area contributed by atoms with Crippen LogP contribution in [0.4, 0.5) is 0 Å². The SMILES string of the molecule is CC(C(=O)N[C@@H]1CCCNC1)n1cncn1. The lowest BCUT2D eigenvalue weighted by atomic mass is 10.1. The van der Waals surface area contributed by atoms with E-state index in [2.05, 4.69) is 20.7 Å². The zero-order chi connectivity index (χ0) is 11.4. The van der Waals surface area contributed by atoms with Gasteiger partial charge < -0.3 is 10.6 Å². The molecule has 2 N–H and O–H groups in total. The summed E-state index contributed by atoms with van der Waals surface area (Å²) in [4.78, 5) is 15.7. The van der Waals surface area contributed by atoms with Gasteiger partial charge in [-0.25, -0.2) is 9.67 Å². The maximum absolute atomic E-state index is 11.9. The monoisotopic (exact) mass is 223 g/mol. The van der Waals surface area contributed by atoms with E-state index in [9.17, 15) is 4.79 Å². The standard InChI is InChI=1S/C10H17N5O/c1-8(15-7-12-6-13-15)10(16)14-9-3-2-4-11-5-9/h6-9,11H,2-5H2,1H3,(H,14,16)/t8?,9-/m1/s1. The summed E-state index contributed by atoms with van der Waals surface area (Å²) in [6.07, 6.45) is 5.15. The van der Waals surface area contributed by atoms with Crippen LogP contribution in [0.1, 0.15) is 25.8 Å². The molecule has 0 spiro atoms. The van der Waals surface area contributed by atoms with Gasteiger partial charge in [0.15, 0.2) is 0 Å². The molecule has 2 rings (SSSR count). The molecule has 88 valence electrons. The Labute approximate surface area is 94.4 Å². The Balaban J connectivity index is 1.87. The van der Waals surface area contributed by atoms with Gasteiger partial charge in [-0.1, -0.05) is 0 Å². The van der Waals surface area contributed by atoms with Crippen LogP contribution >= 0.6 is 0 Å². The van der Waals surface area contributed by atoms with Crippen LogP contribution in [0.15, 0.2) is 12.7 Å². The number of carbonyl (C=O) groups is 1. The topological polar surface area (TPSA) is 71.8 Å². The molecule has 0 aromatic carbocycles. The molecule has 2 atom stereocenters. The quantitative estimate of drug-likeness (QED) is 0.738. The summed E-state index contributed by atoms with van der Waals surface area (Å²) < 4.78 is 1.56. The van der Waals surface area contributed by atoms with Gasteiger partial charge in [-0.2, -0.15) is 5.10 Å². The molecule has 1 fully saturated rings. The van der Waals surface area contributed by atoms with Gasteiger partial charge in [-0.05, 0) is 26.3 Å². The first-order valence-corrected chi connectivity index (χ1v) is 5.62. The summed E-state index contributed by atoms with van der Waals surface area (Å²) in [5.41, 5.74) is 0. The summed E-state index contributed by atoms with van der Waals surface area (Å²) in [7, 11) is 0. The third kappa shape index (κ3) is 2.57. The second kappa shape index (κ2) is 5.07. The van der Waals surface area contributed by atoms with Crippen molar-refractivity contribution in [3.8, 4) is 0 Å². The van der Waals surface area contributed by atoms with Crippen LogP contribution in [-0.2, 0) is 4.79 Å². The van der Waals surface area contributed by atoms with Gasteiger partial charge in [0, 0.05) is 12.6 Å². The average molecular weight is 223 g/mol. The molecule has 1 aliphatic rings. The average Bonchev–Trinajstić information content (AvgIpc) is 2.83. The van der Waals surface area contributed by atoms with E-state index in [-0.39, 0.29) is 18.0 Å². The van der Waals surface area contributed by atoms with E-state index in [0.29, 0.717) is 0 Å². The van der Waals surface area contributed by atoms with Gasteiger partial charge in [-0.15, -0.1) is 0 Å². The number of aromatic nitrogens is 3. The van der Waals surface area contributed by atoms with Crippen molar-refractivity contribution in [1.29, 1.82) is 0 Å². The molecule has 0 bridgehead atoms. The van der Waals surface area contributed by atoms with Gasteiger partial charge in [0.2, 0.25) is 5.91 Å². The fourth-order valence-corrected chi connectivity index (χ4v) is 1.83. The van der Waals surface area contributed by atoms with Gasteiger partial charge in [-0.3, -0.25) is 4.79 Å². The molecule has 16 heavy (non-hydrogen) atoms. The Bertz CT molecular complexity index is 331. The van der Waals surface area contributed by atoms with E-state index in [0.717, 1.165) is 25.9 Å². The Morgan fingerprint density at radius 3 is 3.19 bits per heavy atom. The third-order valence-electron chi connectivity index (χ3n) is 2.86. The smallest absolute Gasteiger partial charge is 0.244 e. The van der Waals surface area contributed by atoms with Crippen LogP contribution in [0.2, 0.25) is 0 Å². The normalized spacial score (nSPS) is 22.7. The van der Waals surface area contributed by atoms with E-state index < -0.39 is 0 Å². The zero-order valence-electron chi connectivity index (χ0n) is 9.39. The molecule has 0 aliphatic carbocycles. The van der Waals surface area contributed by atoms with Crippen molar-refractivity contribution in [1.82, 2.24) is 25.4 Å². The minimum absolute atomic E-state index is 0.000741. The highest BCUT2D eigenvalue weighted by Crippen LogP contribution is 2.06. The van der Waals surface area contributed by atoms with Crippen molar-refractivity contribution in [3.63, 3.8) is 0 Å². The number of carbonyl (C=O) groups excluding carboxylic acids is 1. The highest BCUT2D eigenvalue weighted by Gasteiger charge is 2.20. The molecule has 0 radical (unpaired) electrons. The number of nitrogens with one attached hydrogen (secondary N) is 2. The maximum Gasteiger partial charge on any atom is 0.244 e. The molecule has 2 heterocycles. The van der Waals surface area contributed by atoms with Gasteiger partial charge in [0.25, 0.3) is 0 Å². The Morgan fingerprint density at radius 2 is 2.56 bits per heavy atom. The molecule has 1 amide bonds. The van der Waals surface area contributed by atoms with Crippen LogP contribution < -0.4 is 10.6 Å². The summed E-state index contributed by atoms with van der Waals surface area (Å²) in [5.74, 6) is -0.000741. The van der Waals surface area contributed by atoms with Crippen molar-refractivity contribution in [2.45, 2.75) is 31.8 Å². The summed E-state index contributed by atoms with van der Waals surface area (Å²) in [6, 6.07) is -0.0587. The number of hydrogen-bond acceptors (Lipinski definition) is 4. The second-order valence-corrected chi connectivity index (χ2v) is 4.10. The number of piperidine rings is 1. The summed E-state index contributed by atoms with van der Waals surface area (Å²) in [6.45, 7) is 3.72. The van der Waals surface area contributed by atoms with E-state index in [1.807, 2.05) is 6.92 Å². The number of amides is 1. The fourth-order valence-electron chi connectivity index (χ4n) is 1.83. The third-order valence-corrected chi connectivity index (χ3v) is 2.86. The molecule has 1 aromatic rings. The van der Waals surface area contributed by atoms with Crippen LogP contribution in [-0.4, -0.2) is 39.8 Å². The molecular weight excluding hydrogens is 206 g/mol. The van der Waals surface area contributed by atoms with Crippen molar-refractivity contribution in [2.24, 2.45) is 0 Å². The molecular formula is C10H17N5O. The maximum atomic E-state index is 11.9. The van der Waals surface area contributed by atoms with Crippen molar-refractivity contribution in [3.05, 3.63) is 12.7 Å². The first-order valence-electron chi connectivity index (χ1n) is 5.62. The molecule has 0 saturated carbocycles. The minimum Gasteiger partial charge on any atom is -0.350 e. The molecule has 1 aromatic heterocycles. The van der Waals surface area contributed by atoms with Crippen LogP contribution in [0.5, 0.6) is 0 Å². The molecule has 6 heteroatoms.